The molecule has 2 atom stereocenters. The van der Waals surface area contributed by atoms with E-state index in [2.05, 4.69) is 23.4 Å². The van der Waals surface area contributed by atoms with Gasteiger partial charge in [0.15, 0.2) is 33.8 Å². The summed E-state index contributed by atoms with van der Waals surface area (Å²) in [5, 5.41) is 0.682. The normalized spacial score (nSPS) is 18.1. The molecule has 0 spiro atoms. The van der Waals surface area contributed by atoms with Gasteiger partial charge in [-0.15, -0.1) is 0 Å². The van der Waals surface area contributed by atoms with Crippen LogP contribution in [0.5, 0.6) is 0 Å². The molecular weight excluding hydrogens is 416 g/mol. The number of anilines is 1. The van der Waals surface area contributed by atoms with Gasteiger partial charge in [-0.3, -0.25) is 0 Å². The third kappa shape index (κ3) is 4.68. The molecule has 2 heterocycles. The maximum atomic E-state index is 13.7. The Morgan fingerprint density at radius 1 is 1.03 bits per heavy atom. The van der Waals surface area contributed by atoms with Gasteiger partial charge in [0.2, 0.25) is 0 Å². The molecule has 8 heteroatoms. The smallest absolute Gasteiger partial charge is 0.191 e. The number of benzene rings is 1. The molecular formula is C23H29F2N5S. The highest BCUT2D eigenvalue weighted by Crippen LogP contribution is 2.55. The number of halogens is 2. The van der Waals surface area contributed by atoms with Crippen LogP contribution in [0, 0.1) is 11.6 Å². The van der Waals surface area contributed by atoms with Crippen molar-refractivity contribution < 1.29 is 8.78 Å². The molecule has 0 radical (unpaired) electrons. The molecule has 2 N–H and O–H groups in total. The summed E-state index contributed by atoms with van der Waals surface area (Å²) in [7, 11) is 0. The van der Waals surface area contributed by atoms with E-state index in [-0.39, 0.29) is 11.8 Å². The minimum absolute atomic E-state index is 0.129. The average Bonchev–Trinajstić information content (AvgIpc) is 3.47. The van der Waals surface area contributed by atoms with Crippen molar-refractivity contribution >= 4 is 28.7 Å². The van der Waals surface area contributed by atoms with Crippen LogP contribution in [0.4, 0.5) is 14.6 Å². The quantitative estimate of drug-likeness (QED) is 0.234. The Kier molecular flexibility index (Phi) is 6.74. The van der Waals surface area contributed by atoms with Crippen molar-refractivity contribution in [2.24, 2.45) is 0 Å². The van der Waals surface area contributed by atoms with E-state index in [0.717, 1.165) is 55.0 Å². The van der Waals surface area contributed by atoms with Gasteiger partial charge in [-0.2, -0.15) is 0 Å². The molecule has 31 heavy (non-hydrogen) atoms. The van der Waals surface area contributed by atoms with Crippen LogP contribution in [-0.4, -0.2) is 25.3 Å². The monoisotopic (exact) mass is 445 g/mol. The molecule has 0 amide bonds. The van der Waals surface area contributed by atoms with E-state index in [0.29, 0.717) is 16.5 Å². The molecule has 2 aromatic heterocycles. The lowest BCUT2D eigenvalue weighted by Crippen LogP contribution is -2.06. The van der Waals surface area contributed by atoms with Crippen LogP contribution < -0.4 is 5.73 Å². The largest absolute Gasteiger partial charge is 0.382 e. The van der Waals surface area contributed by atoms with Gasteiger partial charge in [0, 0.05) is 18.2 Å². The molecule has 0 saturated heterocycles. The third-order valence-electron chi connectivity index (χ3n) is 5.80. The maximum Gasteiger partial charge on any atom is 0.191 e. The second-order valence-corrected chi connectivity index (χ2v) is 9.28. The fourth-order valence-electron chi connectivity index (χ4n) is 4.07. The van der Waals surface area contributed by atoms with Crippen molar-refractivity contribution in [2.45, 2.75) is 75.9 Å². The Balaban J connectivity index is 1.68. The van der Waals surface area contributed by atoms with Gasteiger partial charge in [-0.25, -0.2) is 23.7 Å². The summed E-state index contributed by atoms with van der Waals surface area (Å²) in [5.41, 5.74) is 8.50. The van der Waals surface area contributed by atoms with Gasteiger partial charge in [-0.1, -0.05) is 50.9 Å². The number of thioether (sulfide) groups is 1. The second kappa shape index (κ2) is 9.51. The van der Waals surface area contributed by atoms with Crippen LogP contribution in [0.1, 0.15) is 75.6 Å². The molecule has 0 unspecified atom stereocenters. The lowest BCUT2D eigenvalue weighted by atomic mass is 10.1. The van der Waals surface area contributed by atoms with Gasteiger partial charge < -0.3 is 10.3 Å². The summed E-state index contributed by atoms with van der Waals surface area (Å²) < 4.78 is 29.3. The van der Waals surface area contributed by atoms with E-state index in [1.807, 2.05) is 0 Å². The van der Waals surface area contributed by atoms with E-state index in [4.69, 9.17) is 15.7 Å². The summed E-state index contributed by atoms with van der Waals surface area (Å²) in [6, 6.07) is 4.18. The minimum Gasteiger partial charge on any atom is -0.382 e. The van der Waals surface area contributed by atoms with Crippen molar-refractivity contribution in [1.29, 1.82) is 0 Å². The van der Waals surface area contributed by atoms with E-state index in [1.54, 1.807) is 17.8 Å². The molecule has 166 valence electrons. The van der Waals surface area contributed by atoms with Crippen molar-refractivity contribution in [1.82, 2.24) is 19.5 Å². The van der Waals surface area contributed by atoms with Crippen LogP contribution in [0.2, 0.25) is 0 Å². The first-order valence-corrected chi connectivity index (χ1v) is 12.1. The molecule has 1 aliphatic rings. The summed E-state index contributed by atoms with van der Waals surface area (Å²) in [5.74, 6) is 0.930. The third-order valence-corrected chi connectivity index (χ3v) is 6.85. The summed E-state index contributed by atoms with van der Waals surface area (Å²) in [6.45, 7) is 5.14. The summed E-state index contributed by atoms with van der Waals surface area (Å²) >= 11 is 1.60. The zero-order valence-corrected chi connectivity index (χ0v) is 18.9. The van der Waals surface area contributed by atoms with Crippen LogP contribution >= 0.6 is 11.8 Å². The van der Waals surface area contributed by atoms with Crippen LogP contribution in [-0.2, 0) is 6.54 Å². The van der Waals surface area contributed by atoms with E-state index >= 15 is 0 Å². The summed E-state index contributed by atoms with van der Waals surface area (Å²) in [6.07, 6.45) is 6.43. The van der Waals surface area contributed by atoms with Crippen molar-refractivity contribution in [2.75, 3.05) is 11.5 Å². The number of aryl methyl sites for hydroxylation is 1. The fourth-order valence-corrected chi connectivity index (χ4v) is 4.77. The van der Waals surface area contributed by atoms with Gasteiger partial charge in [0.05, 0.1) is 0 Å². The standard InChI is InChI=1S/C23H29F2N5S/c1-3-5-6-7-10-30-21(16-13-15(16)14-8-9-17(24)18(25)12-14)27-19-20(26)28-23(29-22(19)30)31-11-4-2/h8-9,12,15-16H,3-7,10-11,13H2,1-2H3,(H2,26,28,29)/t15-,16-/m1/s1. The molecule has 4 rings (SSSR count). The zero-order chi connectivity index (χ0) is 22.0. The highest BCUT2D eigenvalue weighted by Gasteiger charge is 2.43. The number of nitrogen functional groups attached to an aromatic ring is 1. The number of unbranched alkanes of at least 4 members (excludes halogenated alkanes) is 3. The predicted molar refractivity (Wildman–Crippen MR) is 121 cm³/mol. The van der Waals surface area contributed by atoms with Crippen molar-refractivity contribution in [3.8, 4) is 0 Å². The molecule has 1 fully saturated rings. The number of fused-ring (bicyclic) bond motifs is 1. The summed E-state index contributed by atoms with van der Waals surface area (Å²) in [4.78, 5) is 14.1. The van der Waals surface area contributed by atoms with Gasteiger partial charge >= 0.3 is 0 Å². The lowest BCUT2D eigenvalue weighted by molar-refractivity contribution is 0.507. The van der Waals surface area contributed by atoms with E-state index in [1.165, 1.54) is 25.0 Å². The topological polar surface area (TPSA) is 69.6 Å². The molecule has 0 aliphatic heterocycles. The molecule has 1 aliphatic carbocycles. The fraction of sp³-hybridized carbons (Fsp3) is 0.522. The van der Waals surface area contributed by atoms with Crippen molar-refractivity contribution in [3.05, 3.63) is 41.2 Å². The van der Waals surface area contributed by atoms with E-state index < -0.39 is 11.6 Å². The van der Waals surface area contributed by atoms with Gasteiger partial charge in [0.25, 0.3) is 0 Å². The van der Waals surface area contributed by atoms with Gasteiger partial charge in [0.1, 0.15) is 5.82 Å². The average molecular weight is 446 g/mol. The van der Waals surface area contributed by atoms with Crippen LogP contribution in [0.15, 0.2) is 23.4 Å². The maximum absolute atomic E-state index is 13.7. The lowest BCUT2D eigenvalue weighted by Gasteiger charge is -2.09. The first-order valence-electron chi connectivity index (χ1n) is 11.1. The Morgan fingerprint density at radius 3 is 2.61 bits per heavy atom. The number of aromatic nitrogens is 4. The number of nitrogens with zero attached hydrogens (tertiary/aromatic N) is 4. The first kappa shape index (κ1) is 22.0. The SMILES string of the molecule is CCCCCCn1c([C@@H]2C[C@@H]2c2ccc(F)c(F)c2)nc2c(N)nc(SCCC)nc21. The Bertz CT molecular complexity index is 1070. The predicted octanol–water partition coefficient (Wildman–Crippen LogP) is 6.04. The second-order valence-electron chi connectivity index (χ2n) is 8.22. The molecule has 5 nitrogen and oxygen atoms in total. The number of nitrogens with two attached hydrogens (primary N) is 1. The minimum atomic E-state index is -0.815. The molecule has 1 saturated carbocycles. The number of hydrogen-bond acceptors (Lipinski definition) is 5. The van der Waals surface area contributed by atoms with E-state index in [9.17, 15) is 8.78 Å². The molecule has 1 aromatic carbocycles. The highest BCUT2D eigenvalue weighted by atomic mass is 32.2. The van der Waals surface area contributed by atoms with Crippen LogP contribution in [0.25, 0.3) is 11.2 Å². The Morgan fingerprint density at radius 2 is 1.87 bits per heavy atom. The zero-order valence-electron chi connectivity index (χ0n) is 18.1. The Labute approximate surface area is 185 Å². The Hall–Kier alpha value is -2.22. The highest BCUT2D eigenvalue weighted by molar-refractivity contribution is 7.99. The van der Waals surface area contributed by atoms with Crippen molar-refractivity contribution in [3.63, 3.8) is 0 Å². The van der Waals surface area contributed by atoms with Crippen LogP contribution in [0.3, 0.4) is 0 Å². The molecule has 3 aromatic rings. The number of rotatable bonds is 10. The number of imidazole rings is 1. The van der Waals surface area contributed by atoms with Gasteiger partial charge in [-0.05, 0) is 42.9 Å². The first-order chi connectivity index (χ1) is 15.0. The molecule has 0 bridgehead atoms. The number of hydrogen-bond donors (Lipinski definition) is 1.